The highest BCUT2D eigenvalue weighted by atomic mass is 19.3. The standard InChI is InChI=1S/C10H15F2N.C7H14/c1-2-3-4-5-9-6-7-13-8-10(9,11)12;1-6(2)7-4-3-5-7/h9,13H,2,5-8H2,1H3;6-7H,3-5H2,1-2H3. The van der Waals surface area contributed by atoms with Crippen LogP contribution in [0.1, 0.15) is 59.3 Å². The SMILES string of the molecule is CC(C)C1CCC1.CCC#CCC1CCNCC1(F)F. The van der Waals surface area contributed by atoms with E-state index in [1.54, 1.807) is 0 Å². The molecule has 1 saturated carbocycles. The summed E-state index contributed by atoms with van der Waals surface area (Å²) < 4.78 is 26.3. The van der Waals surface area contributed by atoms with Crippen molar-refractivity contribution >= 4 is 0 Å². The number of hydrogen-bond donors (Lipinski definition) is 1. The molecule has 0 bridgehead atoms. The number of alkyl halides is 2. The number of nitrogens with one attached hydrogen (secondary N) is 1. The number of rotatable bonds is 2. The van der Waals surface area contributed by atoms with Crippen molar-refractivity contribution in [3.05, 3.63) is 0 Å². The fourth-order valence-corrected chi connectivity index (χ4v) is 2.57. The van der Waals surface area contributed by atoms with Gasteiger partial charge in [0, 0.05) is 18.8 Å². The minimum atomic E-state index is -2.57. The first-order chi connectivity index (χ1) is 9.47. The maximum absolute atomic E-state index is 13.2. The third kappa shape index (κ3) is 5.79. The second-order valence-electron chi connectivity index (χ2n) is 6.27. The van der Waals surface area contributed by atoms with E-state index in [9.17, 15) is 8.78 Å². The highest BCUT2D eigenvalue weighted by Crippen LogP contribution is 2.32. The molecule has 2 rings (SSSR count). The molecule has 116 valence electrons. The molecule has 1 aliphatic carbocycles. The molecule has 0 aromatic heterocycles. The first kappa shape index (κ1) is 17.4. The molecule has 0 spiro atoms. The predicted octanol–water partition coefficient (Wildman–Crippen LogP) is 4.48. The van der Waals surface area contributed by atoms with E-state index in [0.29, 0.717) is 19.4 Å². The molecule has 0 radical (unpaired) electrons. The second kappa shape index (κ2) is 8.62. The average molecular weight is 285 g/mol. The molecule has 1 unspecified atom stereocenters. The minimum Gasteiger partial charge on any atom is -0.311 e. The zero-order chi connectivity index (χ0) is 15.0. The Bertz CT molecular complexity index is 324. The van der Waals surface area contributed by atoms with E-state index < -0.39 is 11.8 Å². The summed E-state index contributed by atoms with van der Waals surface area (Å²) in [7, 11) is 0. The molecular weight excluding hydrogens is 256 g/mol. The van der Waals surface area contributed by atoms with Crippen LogP contribution in [0.2, 0.25) is 0 Å². The number of halogens is 2. The van der Waals surface area contributed by atoms with Crippen molar-refractivity contribution in [2.24, 2.45) is 17.8 Å². The van der Waals surface area contributed by atoms with Gasteiger partial charge in [-0.05, 0) is 24.8 Å². The van der Waals surface area contributed by atoms with Crippen LogP contribution >= 0.6 is 0 Å². The number of hydrogen-bond acceptors (Lipinski definition) is 1. The summed E-state index contributed by atoms with van der Waals surface area (Å²) in [5.74, 6) is 4.55. The highest BCUT2D eigenvalue weighted by molar-refractivity contribution is 5.02. The minimum absolute atomic E-state index is 0.189. The molecule has 1 saturated heterocycles. The molecule has 3 heteroatoms. The average Bonchev–Trinajstić information content (AvgIpc) is 2.29. The van der Waals surface area contributed by atoms with Crippen LogP contribution in [-0.4, -0.2) is 19.0 Å². The van der Waals surface area contributed by atoms with Crippen LogP contribution in [0, 0.1) is 29.6 Å². The van der Waals surface area contributed by atoms with Crippen molar-refractivity contribution in [3.8, 4) is 11.8 Å². The van der Waals surface area contributed by atoms with Crippen LogP contribution in [-0.2, 0) is 0 Å². The van der Waals surface area contributed by atoms with Gasteiger partial charge in [0.1, 0.15) is 0 Å². The lowest BCUT2D eigenvalue weighted by Gasteiger charge is -2.30. The van der Waals surface area contributed by atoms with Crippen LogP contribution in [0.4, 0.5) is 8.78 Å². The van der Waals surface area contributed by atoms with E-state index in [2.05, 4.69) is 31.0 Å². The topological polar surface area (TPSA) is 12.0 Å². The van der Waals surface area contributed by atoms with E-state index in [0.717, 1.165) is 18.3 Å². The largest absolute Gasteiger partial charge is 0.311 e. The number of piperidine rings is 1. The maximum atomic E-state index is 13.2. The summed E-state index contributed by atoms with van der Waals surface area (Å²) in [5.41, 5.74) is 0. The normalized spacial score (nSPS) is 25.0. The Morgan fingerprint density at radius 1 is 1.20 bits per heavy atom. The summed E-state index contributed by atoms with van der Waals surface area (Å²) in [6, 6.07) is 0. The fourth-order valence-electron chi connectivity index (χ4n) is 2.57. The van der Waals surface area contributed by atoms with Gasteiger partial charge in [0.2, 0.25) is 0 Å². The summed E-state index contributed by atoms with van der Waals surface area (Å²) in [6.07, 6.45) is 6.10. The predicted molar refractivity (Wildman–Crippen MR) is 80.8 cm³/mol. The van der Waals surface area contributed by atoms with Crippen LogP contribution in [0.3, 0.4) is 0 Å². The lowest BCUT2D eigenvalue weighted by atomic mass is 9.78. The molecule has 1 N–H and O–H groups in total. The van der Waals surface area contributed by atoms with E-state index in [1.807, 2.05) is 6.92 Å². The first-order valence-electron chi connectivity index (χ1n) is 8.01. The highest BCUT2D eigenvalue weighted by Gasteiger charge is 2.40. The third-order valence-corrected chi connectivity index (χ3v) is 4.37. The summed E-state index contributed by atoms with van der Waals surface area (Å²) in [6.45, 7) is 7.07. The van der Waals surface area contributed by atoms with Crippen LogP contribution in [0.5, 0.6) is 0 Å². The van der Waals surface area contributed by atoms with Gasteiger partial charge < -0.3 is 5.32 Å². The van der Waals surface area contributed by atoms with Crippen LogP contribution in [0.15, 0.2) is 0 Å². The maximum Gasteiger partial charge on any atom is 0.264 e. The lowest BCUT2D eigenvalue weighted by molar-refractivity contribution is -0.0710. The van der Waals surface area contributed by atoms with E-state index in [-0.39, 0.29) is 6.54 Å². The van der Waals surface area contributed by atoms with Crippen molar-refractivity contribution in [1.29, 1.82) is 0 Å². The Labute approximate surface area is 122 Å². The molecule has 2 aliphatic rings. The monoisotopic (exact) mass is 285 g/mol. The molecule has 0 aromatic carbocycles. The molecule has 2 fully saturated rings. The Morgan fingerprint density at radius 2 is 1.90 bits per heavy atom. The van der Waals surface area contributed by atoms with Gasteiger partial charge in [-0.1, -0.05) is 40.0 Å². The summed E-state index contributed by atoms with van der Waals surface area (Å²) in [4.78, 5) is 0. The molecule has 20 heavy (non-hydrogen) atoms. The zero-order valence-electron chi connectivity index (χ0n) is 13.1. The molecule has 1 heterocycles. The van der Waals surface area contributed by atoms with Gasteiger partial charge in [-0.2, -0.15) is 0 Å². The smallest absolute Gasteiger partial charge is 0.264 e. The van der Waals surface area contributed by atoms with Crippen molar-refractivity contribution in [3.63, 3.8) is 0 Å². The molecule has 1 nitrogen and oxygen atoms in total. The van der Waals surface area contributed by atoms with Gasteiger partial charge >= 0.3 is 0 Å². The van der Waals surface area contributed by atoms with E-state index in [1.165, 1.54) is 19.3 Å². The molecule has 0 aromatic rings. The van der Waals surface area contributed by atoms with Gasteiger partial charge in [0.25, 0.3) is 5.92 Å². The fraction of sp³-hybridized carbons (Fsp3) is 0.882. The molecule has 1 atom stereocenters. The Hall–Kier alpha value is -0.620. The lowest BCUT2D eigenvalue weighted by Crippen LogP contribution is -2.45. The van der Waals surface area contributed by atoms with Crippen LogP contribution in [0.25, 0.3) is 0 Å². The summed E-state index contributed by atoms with van der Waals surface area (Å²) >= 11 is 0. The van der Waals surface area contributed by atoms with Crippen LogP contribution < -0.4 is 5.32 Å². The van der Waals surface area contributed by atoms with Crippen molar-refractivity contribution < 1.29 is 8.78 Å². The zero-order valence-corrected chi connectivity index (χ0v) is 13.1. The van der Waals surface area contributed by atoms with Crippen molar-refractivity contribution in [1.82, 2.24) is 5.32 Å². The van der Waals surface area contributed by atoms with Gasteiger partial charge in [0.15, 0.2) is 0 Å². The molecule has 1 aliphatic heterocycles. The van der Waals surface area contributed by atoms with Gasteiger partial charge in [-0.15, -0.1) is 11.8 Å². The Kier molecular flexibility index (Phi) is 7.51. The van der Waals surface area contributed by atoms with Crippen molar-refractivity contribution in [2.75, 3.05) is 13.1 Å². The Balaban J connectivity index is 0.000000240. The third-order valence-electron chi connectivity index (χ3n) is 4.37. The first-order valence-corrected chi connectivity index (χ1v) is 8.01. The van der Waals surface area contributed by atoms with E-state index in [4.69, 9.17) is 0 Å². The van der Waals surface area contributed by atoms with Crippen molar-refractivity contribution in [2.45, 2.75) is 65.2 Å². The Morgan fingerprint density at radius 3 is 2.30 bits per heavy atom. The molecular formula is C17H29F2N. The quantitative estimate of drug-likeness (QED) is 0.738. The van der Waals surface area contributed by atoms with Gasteiger partial charge in [-0.3, -0.25) is 0 Å². The molecule has 0 amide bonds. The summed E-state index contributed by atoms with van der Waals surface area (Å²) in [5, 5.41) is 2.70. The second-order valence-corrected chi connectivity index (χ2v) is 6.27. The van der Waals surface area contributed by atoms with E-state index >= 15 is 0 Å². The van der Waals surface area contributed by atoms with Gasteiger partial charge in [-0.25, -0.2) is 8.78 Å². The van der Waals surface area contributed by atoms with Gasteiger partial charge in [0.05, 0.1) is 6.54 Å².